The fourth-order valence-corrected chi connectivity index (χ4v) is 4.70. The summed E-state index contributed by atoms with van der Waals surface area (Å²) in [5.41, 5.74) is 1.70. The predicted octanol–water partition coefficient (Wildman–Crippen LogP) is 3.17. The van der Waals surface area contributed by atoms with Crippen molar-refractivity contribution in [2.24, 2.45) is 5.92 Å². The van der Waals surface area contributed by atoms with E-state index < -0.39 is 10.0 Å². The zero-order valence-corrected chi connectivity index (χ0v) is 14.1. The summed E-state index contributed by atoms with van der Waals surface area (Å²) >= 11 is 0. The average molecular weight is 311 g/mol. The third-order valence-electron chi connectivity index (χ3n) is 4.40. The van der Waals surface area contributed by atoms with E-state index in [9.17, 15) is 8.42 Å². The minimum absolute atomic E-state index is 0.0375. The van der Waals surface area contributed by atoms with Gasteiger partial charge in [0.1, 0.15) is 5.75 Å². The molecule has 0 aliphatic heterocycles. The van der Waals surface area contributed by atoms with Gasteiger partial charge in [-0.05, 0) is 43.7 Å². The van der Waals surface area contributed by atoms with Gasteiger partial charge in [0.05, 0.1) is 12.0 Å². The molecule has 5 heteroatoms. The van der Waals surface area contributed by atoms with Gasteiger partial charge in [-0.3, -0.25) is 0 Å². The van der Waals surface area contributed by atoms with E-state index in [0.717, 1.165) is 30.4 Å². The third-order valence-corrected chi connectivity index (χ3v) is 6.03. The Hall–Kier alpha value is -1.07. The zero-order valence-electron chi connectivity index (χ0n) is 13.3. The van der Waals surface area contributed by atoms with E-state index in [1.165, 1.54) is 6.42 Å². The normalized spacial score (nSPS) is 23.0. The highest BCUT2D eigenvalue weighted by atomic mass is 32.2. The second-order valence-corrected chi connectivity index (χ2v) is 7.76. The van der Waals surface area contributed by atoms with Crippen LogP contribution in [0.15, 0.2) is 17.0 Å². The number of hydrogen-bond donors (Lipinski definition) is 1. The van der Waals surface area contributed by atoms with Crippen molar-refractivity contribution in [3.8, 4) is 5.75 Å². The number of sulfonamides is 1. The number of nitrogens with one attached hydrogen (secondary N) is 1. The largest absolute Gasteiger partial charge is 0.496 e. The van der Waals surface area contributed by atoms with Gasteiger partial charge < -0.3 is 4.74 Å². The van der Waals surface area contributed by atoms with Crippen molar-refractivity contribution in [2.45, 2.75) is 57.4 Å². The fraction of sp³-hybridized carbons (Fsp3) is 0.625. The number of benzene rings is 1. The summed E-state index contributed by atoms with van der Waals surface area (Å²) < 4.78 is 33.5. The van der Waals surface area contributed by atoms with Crippen molar-refractivity contribution >= 4 is 10.0 Å². The van der Waals surface area contributed by atoms with Crippen LogP contribution in [0.5, 0.6) is 5.75 Å². The van der Waals surface area contributed by atoms with Crippen LogP contribution in [-0.4, -0.2) is 21.6 Å². The molecule has 0 aromatic heterocycles. The molecule has 0 radical (unpaired) electrons. The monoisotopic (exact) mass is 311 g/mol. The lowest BCUT2D eigenvalue weighted by molar-refractivity contribution is 0.310. The van der Waals surface area contributed by atoms with E-state index >= 15 is 0 Å². The highest BCUT2D eigenvalue weighted by molar-refractivity contribution is 7.89. The van der Waals surface area contributed by atoms with Crippen LogP contribution in [0, 0.1) is 19.8 Å². The van der Waals surface area contributed by atoms with Crippen LogP contribution in [0.4, 0.5) is 0 Å². The molecule has 2 unspecified atom stereocenters. The molecule has 0 bridgehead atoms. The fourth-order valence-electron chi connectivity index (χ4n) is 3.08. The topological polar surface area (TPSA) is 55.4 Å². The summed E-state index contributed by atoms with van der Waals surface area (Å²) in [6.45, 7) is 5.86. The lowest BCUT2D eigenvalue weighted by atomic mass is 9.87. The number of rotatable bonds is 4. The first-order valence-corrected chi connectivity index (χ1v) is 9.01. The lowest BCUT2D eigenvalue weighted by Crippen LogP contribution is -2.41. The maximum absolute atomic E-state index is 12.7. The van der Waals surface area contributed by atoms with Gasteiger partial charge in [-0.25, -0.2) is 13.1 Å². The molecule has 0 amide bonds. The van der Waals surface area contributed by atoms with Gasteiger partial charge in [0.15, 0.2) is 0 Å². The SMILES string of the molecule is COc1cc(S(=O)(=O)NC2CCCCC2C)c(C)cc1C. The van der Waals surface area contributed by atoms with Crippen LogP contribution in [0.1, 0.15) is 43.7 Å². The molecular weight excluding hydrogens is 286 g/mol. The van der Waals surface area contributed by atoms with Crippen molar-refractivity contribution in [2.75, 3.05) is 7.11 Å². The smallest absolute Gasteiger partial charge is 0.241 e. The summed E-state index contributed by atoms with van der Waals surface area (Å²) in [4.78, 5) is 0.322. The Morgan fingerprint density at radius 2 is 1.81 bits per heavy atom. The minimum Gasteiger partial charge on any atom is -0.496 e. The molecule has 118 valence electrons. The van der Waals surface area contributed by atoms with Crippen molar-refractivity contribution in [1.82, 2.24) is 4.72 Å². The number of aryl methyl sites for hydroxylation is 2. The molecule has 21 heavy (non-hydrogen) atoms. The first-order chi connectivity index (χ1) is 9.85. The first kappa shape index (κ1) is 16.3. The van der Waals surface area contributed by atoms with Crippen molar-refractivity contribution in [1.29, 1.82) is 0 Å². The molecule has 1 aliphatic rings. The molecule has 1 aromatic carbocycles. The predicted molar refractivity (Wildman–Crippen MR) is 84.2 cm³/mol. The Morgan fingerprint density at radius 3 is 2.43 bits per heavy atom. The molecule has 0 saturated heterocycles. The number of ether oxygens (including phenoxy) is 1. The van der Waals surface area contributed by atoms with Gasteiger partial charge in [0.2, 0.25) is 10.0 Å². The van der Waals surface area contributed by atoms with Crippen LogP contribution in [-0.2, 0) is 10.0 Å². The molecule has 2 rings (SSSR count). The van der Waals surface area contributed by atoms with Crippen LogP contribution in [0.2, 0.25) is 0 Å². The van der Waals surface area contributed by atoms with Gasteiger partial charge in [-0.1, -0.05) is 25.8 Å². The van der Waals surface area contributed by atoms with Gasteiger partial charge in [-0.15, -0.1) is 0 Å². The van der Waals surface area contributed by atoms with E-state index in [1.54, 1.807) is 13.2 Å². The van der Waals surface area contributed by atoms with E-state index in [1.807, 2.05) is 19.9 Å². The average Bonchev–Trinajstić information content (AvgIpc) is 2.41. The number of methoxy groups -OCH3 is 1. The summed E-state index contributed by atoms with van der Waals surface area (Å²) in [7, 11) is -1.94. The highest BCUT2D eigenvalue weighted by Crippen LogP contribution is 2.28. The maximum Gasteiger partial charge on any atom is 0.241 e. The van der Waals surface area contributed by atoms with Gasteiger partial charge in [0, 0.05) is 12.1 Å². The van der Waals surface area contributed by atoms with E-state index in [-0.39, 0.29) is 6.04 Å². The van der Waals surface area contributed by atoms with Crippen LogP contribution in [0.25, 0.3) is 0 Å². The van der Waals surface area contributed by atoms with Gasteiger partial charge >= 0.3 is 0 Å². The molecule has 0 spiro atoms. The van der Waals surface area contributed by atoms with Crippen LogP contribution in [0.3, 0.4) is 0 Å². The second-order valence-electron chi connectivity index (χ2n) is 6.08. The Labute approximate surface area is 127 Å². The Morgan fingerprint density at radius 1 is 1.14 bits per heavy atom. The molecule has 1 fully saturated rings. The minimum atomic E-state index is -3.50. The molecule has 1 aliphatic carbocycles. The Bertz CT molecular complexity index is 610. The summed E-state index contributed by atoms with van der Waals surface area (Å²) in [5, 5.41) is 0. The Kier molecular flexibility index (Phi) is 4.94. The molecule has 1 N–H and O–H groups in total. The third kappa shape index (κ3) is 3.58. The highest BCUT2D eigenvalue weighted by Gasteiger charge is 2.28. The van der Waals surface area contributed by atoms with Gasteiger partial charge in [0.25, 0.3) is 0 Å². The molecule has 2 atom stereocenters. The standard InChI is InChI=1S/C16H25NO3S/c1-11-7-5-6-8-14(11)17-21(18,19)16-10-15(20-4)12(2)9-13(16)3/h9-11,14,17H,5-8H2,1-4H3. The molecule has 4 nitrogen and oxygen atoms in total. The van der Waals surface area contributed by atoms with Crippen molar-refractivity contribution in [3.05, 3.63) is 23.3 Å². The maximum atomic E-state index is 12.7. The summed E-state index contributed by atoms with van der Waals surface area (Å²) in [5.74, 6) is 0.999. The molecule has 1 aromatic rings. The van der Waals surface area contributed by atoms with Crippen LogP contribution < -0.4 is 9.46 Å². The van der Waals surface area contributed by atoms with Crippen LogP contribution >= 0.6 is 0 Å². The quantitative estimate of drug-likeness (QED) is 0.929. The first-order valence-electron chi connectivity index (χ1n) is 7.52. The number of hydrogen-bond acceptors (Lipinski definition) is 3. The van der Waals surface area contributed by atoms with E-state index in [4.69, 9.17) is 4.74 Å². The second kappa shape index (κ2) is 6.36. The Balaban J connectivity index is 2.31. The summed E-state index contributed by atoms with van der Waals surface area (Å²) in [6, 6.07) is 3.52. The lowest BCUT2D eigenvalue weighted by Gasteiger charge is -2.29. The van der Waals surface area contributed by atoms with E-state index in [2.05, 4.69) is 11.6 Å². The molecular formula is C16H25NO3S. The van der Waals surface area contributed by atoms with Crippen molar-refractivity contribution in [3.63, 3.8) is 0 Å². The van der Waals surface area contributed by atoms with E-state index in [0.29, 0.717) is 16.6 Å². The summed E-state index contributed by atoms with van der Waals surface area (Å²) in [6.07, 6.45) is 4.29. The van der Waals surface area contributed by atoms with Gasteiger partial charge in [-0.2, -0.15) is 0 Å². The zero-order chi connectivity index (χ0) is 15.6. The van der Waals surface area contributed by atoms with Crippen molar-refractivity contribution < 1.29 is 13.2 Å². The molecule has 1 saturated carbocycles. The molecule has 0 heterocycles.